The van der Waals surface area contributed by atoms with Crippen molar-refractivity contribution in [3.8, 4) is 0 Å². The van der Waals surface area contributed by atoms with Crippen LogP contribution in [0, 0.1) is 5.92 Å². The van der Waals surface area contributed by atoms with Crippen LogP contribution in [0.5, 0.6) is 0 Å². The fourth-order valence-electron chi connectivity index (χ4n) is 2.61. The summed E-state index contributed by atoms with van der Waals surface area (Å²) in [6, 6.07) is 0. The van der Waals surface area contributed by atoms with Crippen LogP contribution in [0.1, 0.15) is 37.9 Å². The molecule has 0 saturated heterocycles. The third kappa shape index (κ3) is 2.27. The highest BCUT2D eigenvalue weighted by Gasteiger charge is 2.16. The van der Waals surface area contributed by atoms with Gasteiger partial charge in [0, 0.05) is 6.42 Å². The third-order valence-electron chi connectivity index (χ3n) is 3.56. The molecule has 4 nitrogen and oxygen atoms in total. The molecule has 0 aromatic carbocycles. The van der Waals surface area contributed by atoms with Gasteiger partial charge in [0.1, 0.15) is 17.7 Å². The number of halogens is 1. The fourth-order valence-corrected chi connectivity index (χ4v) is 2.78. The molecule has 0 unspecified atom stereocenters. The number of nitrogens with zero attached hydrogens (tertiary/aromatic N) is 3. The number of imidazole rings is 1. The lowest BCUT2D eigenvalue weighted by atomic mass is 10.0. The molecule has 1 saturated carbocycles. The van der Waals surface area contributed by atoms with Crippen molar-refractivity contribution < 1.29 is 0 Å². The quantitative estimate of drug-likeness (QED) is 0.852. The van der Waals surface area contributed by atoms with E-state index in [2.05, 4.69) is 19.9 Å². The van der Waals surface area contributed by atoms with Crippen molar-refractivity contribution in [1.82, 2.24) is 19.9 Å². The van der Waals surface area contributed by atoms with E-state index < -0.39 is 0 Å². The van der Waals surface area contributed by atoms with Crippen LogP contribution in [0.25, 0.3) is 11.2 Å². The lowest BCUT2D eigenvalue weighted by Crippen LogP contribution is -1.97. The summed E-state index contributed by atoms with van der Waals surface area (Å²) in [5.74, 6) is 1.86. The zero-order valence-electron chi connectivity index (χ0n) is 9.62. The average Bonchev–Trinajstić information content (AvgIpc) is 2.95. The number of hydrogen-bond donors (Lipinski definition) is 1. The van der Waals surface area contributed by atoms with Crippen molar-refractivity contribution >= 4 is 22.8 Å². The van der Waals surface area contributed by atoms with E-state index in [9.17, 15) is 0 Å². The molecule has 0 aliphatic heterocycles. The first-order valence-electron chi connectivity index (χ1n) is 6.18. The van der Waals surface area contributed by atoms with Crippen molar-refractivity contribution in [3.05, 3.63) is 17.3 Å². The molecule has 90 valence electrons. The summed E-state index contributed by atoms with van der Waals surface area (Å²) >= 11 is 5.98. The second-order valence-electron chi connectivity index (χ2n) is 4.74. The van der Waals surface area contributed by atoms with Crippen molar-refractivity contribution in [3.63, 3.8) is 0 Å². The SMILES string of the molecule is Clc1ncnc2nc(CCC3CCCC3)[nH]c12. The molecule has 0 spiro atoms. The van der Waals surface area contributed by atoms with Crippen LogP contribution in [0.4, 0.5) is 0 Å². The van der Waals surface area contributed by atoms with Gasteiger partial charge in [0.25, 0.3) is 0 Å². The minimum atomic E-state index is 0.453. The summed E-state index contributed by atoms with van der Waals surface area (Å²) in [5.41, 5.74) is 1.43. The Morgan fingerprint density at radius 3 is 2.88 bits per heavy atom. The van der Waals surface area contributed by atoms with Crippen LogP contribution in [-0.2, 0) is 6.42 Å². The smallest absolute Gasteiger partial charge is 0.182 e. The molecule has 3 rings (SSSR count). The Balaban J connectivity index is 1.74. The summed E-state index contributed by atoms with van der Waals surface area (Å²) in [4.78, 5) is 15.7. The van der Waals surface area contributed by atoms with Crippen molar-refractivity contribution in [1.29, 1.82) is 0 Å². The predicted octanol–water partition coefficient (Wildman–Crippen LogP) is 3.13. The Bertz CT molecular complexity index is 516. The summed E-state index contributed by atoms with van der Waals surface area (Å²) < 4.78 is 0. The van der Waals surface area contributed by atoms with E-state index in [1.165, 1.54) is 38.4 Å². The molecule has 1 N–H and O–H groups in total. The minimum Gasteiger partial charge on any atom is -0.338 e. The fraction of sp³-hybridized carbons (Fsp3) is 0.583. The minimum absolute atomic E-state index is 0.453. The van der Waals surface area contributed by atoms with Gasteiger partial charge in [-0.1, -0.05) is 37.3 Å². The van der Waals surface area contributed by atoms with Gasteiger partial charge in [0.15, 0.2) is 10.8 Å². The molecule has 2 aromatic rings. The van der Waals surface area contributed by atoms with Gasteiger partial charge < -0.3 is 4.98 Å². The van der Waals surface area contributed by atoms with E-state index >= 15 is 0 Å². The standard InChI is InChI=1S/C12H15ClN4/c13-11-10-12(15-7-14-11)17-9(16-10)6-5-8-3-1-2-4-8/h7-8H,1-6H2,(H,14,15,16,17). The van der Waals surface area contributed by atoms with Crippen molar-refractivity contribution in [2.75, 3.05) is 0 Å². The van der Waals surface area contributed by atoms with Gasteiger partial charge >= 0.3 is 0 Å². The lowest BCUT2D eigenvalue weighted by molar-refractivity contribution is 0.498. The topological polar surface area (TPSA) is 54.5 Å². The number of hydrogen-bond acceptors (Lipinski definition) is 3. The van der Waals surface area contributed by atoms with E-state index in [4.69, 9.17) is 11.6 Å². The molecule has 1 fully saturated rings. The van der Waals surface area contributed by atoms with Gasteiger partial charge in [0.05, 0.1) is 0 Å². The van der Waals surface area contributed by atoms with Crippen LogP contribution in [0.15, 0.2) is 6.33 Å². The molecule has 0 atom stereocenters. The Labute approximate surface area is 105 Å². The highest BCUT2D eigenvalue weighted by molar-refractivity contribution is 6.33. The first kappa shape index (κ1) is 11.0. The number of H-pyrrole nitrogens is 1. The highest BCUT2D eigenvalue weighted by Crippen LogP contribution is 2.28. The van der Waals surface area contributed by atoms with Crippen LogP contribution in [0.3, 0.4) is 0 Å². The Morgan fingerprint density at radius 2 is 2.12 bits per heavy atom. The van der Waals surface area contributed by atoms with Crippen LogP contribution < -0.4 is 0 Å². The van der Waals surface area contributed by atoms with Gasteiger partial charge in [-0.15, -0.1) is 0 Å². The third-order valence-corrected chi connectivity index (χ3v) is 3.84. The second kappa shape index (κ2) is 4.61. The van der Waals surface area contributed by atoms with E-state index in [-0.39, 0.29) is 0 Å². The number of aromatic nitrogens is 4. The van der Waals surface area contributed by atoms with E-state index in [0.717, 1.165) is 23.7 Å². The summed E-state index contributed by atoms with van der Waals surface area (Å²) in [7, 11) is 0. The number of fused-ring (bicyclic) bond motifs is 1. The average molecular weight is 251 g/mol. The molecule has 5 heteroatoms. The van der Waals surface area contributed by atoms with E-state index in [1.54, 1.807) is 0 Å². The predicted molar refractivity (Wildman–Crippen MR) is 67.0 cm³/mol. The van der Waals surface area contributed by atoms with Crippen LogP contribution in [0.2, 0.25) is 5.15 Å². The number of aromatic amines is 1. The second-order valence-corrected chi connectivity index (χ2v) is 5.09. The van der Waals surface area contributed by atoms with Crippen LogP contribution >= 0.6 is 11.6 Å². The molecular formula is C12H15ClN4. The lowest BCUT2D eigenvalue weighted by Gasteiger charge is -2.05. The summed E-state index contributed by atoms with van der Waals surface area (Å²) in [6.45, 7) is 0. The van der Waals surface area contributed by atoms with Gasteiger partial charge in [0.2, 0.25) is 0 Å². The molecule has 2 aromatic heterocycles. The van der Waals surface area contributed by atoms with Gasteiger partial charge in [-0.05, 0) is 12.3 Å². The van der Waals surface area contributed by atoms with Gasteiger partial charge in [-0.3, -0.25) is 0 Å². The van der Waals surface area contributed by atoms with Crippen molar-refractivity contribution in [2.45, 2.75) is 38.5 Å². The molecule has 17 heavy (non-hydrogen) atoms. The zero-order chi connectivity index (χ0) is 11.7. The maximum Gasteiger partial charge on any atom is 0.182 e. The van der Waals surface area contributed by atoms with E-state index in [1.807, 2.05) is 0 Å². The summed E-state index contributed by atoms with van der Waals surface area (Å²) in [6.07, 6.45) is 9.18. The monoisotopic (exact) mass is 250 g/mol. The Hall–Kier alpha value is -1.16. The molecule has 2 heterocycles. The maximum absolute atomic E-state index is 5.98. The largest absolute Gasteiger partial charge is 0.338 e. The van der Waals surface area contributed by atoms with E-state index in [0.29, 0.717) is 10.8 Å². The highest BCUT2D eigenvalue weighted by atomic mass is 35.5. The molecule has 0 radical (unpaired) electrons. The maximum atomic E-state index is 5.98. The number of rotatable bonds is 3. The molecule has 1 aliphatic carbocycles. The number of aryl methyl sites for hydroxylation is 1. The van der Waals surface area contributed by atoms with Gasteiger partial charge in [-0.2, -0.15) is 0 Å². The summed E-state index contributed by atoms with van der Waals surface area (Å²) in [5, 5.41) is 0.453. The number of nitrogens with one attached hydrogen (secondary N) is 1. The van der Waals surface area contributed by atoms with Crippen LogP contribution in [-0.4, -0.2) is 19.9 Å². The Morgan fingerprint density at radius 1 is 1.29 bits per heavy atom. The van der Waals surface area contributed by atoms with Crippen molar-refractivity contribution in [2.24, 2.45) is 5.92 Å². The zero-order valence-corrected chi connectivity index (χ0v) is 10.4. The first-order valence-corrected chi connectivity index (χ1v) is 6.56. The normalized spacial score (nSPS) is 17.0. The molecule has 0 bridgehead atoms. The molecule has 0 amide bonds. The first-order chi connectivity index (χ1) is 8.33. The molecule has 1 aliphatic rings. The molecular weight excluding hydrogens is 236 g/mol. The Kier molecular flexibility index (Phi) is 2.97. The van der Waals surface area contributed by atoms with Gasteiger partial charge in [-0.25, -0.2) is 15.0 Å².